The summed E-state index contributed by atoms with van der Waals surface area (Å²) in [5.41, 5.74) is 0. The van der Waals surface area contributed by atoms with Gasteiger partial charge in [0.1, 0.15) is 11.5 Å². The van der Waals surface area contributed by atoms with E-state index in [9.17, 15) is 13.6 Å². The Kier molecular flexibility index (Phi) is 5.21. The van der Waals surface area contributed by atoms with Crippen molar-refractivity contribution < 1.29 is 18.0 Å². The molecule has 1 fully saturated rings. The van der Waals surface area contributed by atoms with Crippen LogP contribution in [0.1, 0.15) is 24.4 Å². The van der Waals surface area contributed by atoms with Crippen LogP contribution in [0.5, 0.6) is 0 Å². The van der Waals surface area contributed by atoms with Crippen LogP contribution in [0.2, 0.25) is 0 Å². The first-order valence-electron chi connectivity index (χ1n) is 6.11. The van der Waals surface area contributed by atoms with Gasteiger partial charge in [-0.25, -0.2) is 0 Å². The van der Waals surface area contributed by atoms with Gasteiger partial charge in [0, 0.05) is 19.0 Å². The molecule has 1 amide bonds. The molecule has 106 valence electrons. The molecule has 2 heterocycles. The number of alkyl halides is 2. The molecule has 0 saturated carbocycles. The SMILES string of the molecule is O=C1CCC(CNCc2ccc(CSC(F)F)o2)N1. The van der Waals surface area contributed by atoms with Crippen LogP contribution in [0.15, 0.2) is 16.5 Å². The van der Waals surface area contributed by atoms with Crippen LogP contribution in [-0.2, 0) is 17.1 Å². The minimum absolute atomic E-state index is 0.0936. The van der Waals surface area contributed by atoms with Gasteiger partial charge in [-0.05, 0) is 18.6 Å². The van der Waals surface area contributed by atoms with Crippen LogP contribution in [-0.4, -0.2) is 24.3 Å². The van der Waals surface area contributed by atoms with E-state index in [1.807, 2.05) is 0 Å². The van der Waals surface area contributed by atoms with Gasteiger partial charge in [0.2, 0.25) is 5.91 Å². The first-order chi connectivity index (χ1) is 9.13. The summed E-state index contributed by atoms with van der Waals surface area (Å²) in [6.07, 6.45) is 1.43. The summed E-state index contributed by atoms with van der Waals surface area (Å²) < 4.78 is 29.4. The van der Waals surface area contributed by atoms with Crippen LogP contribution in [0.4, 0.5) is 8.78 Å². The smallest absolute Gasteiger partial charge is 0.284 e. The molecule has 0 aliphatic carbocycles. The number of carbonyl (C=O) groups is 1. The summed E-state index contributed by atoms with van der Waals surface area (Å²) in [5, 5.41) is 6.04. The molecular formula is C12H16F2N2O2S. The first-order valence-corrected chi connectivity index (χ1v) is 7.16. The van der Waals surface area contributed by atoms with Crippen molar-refractivity contribution in [3.8, 4) is 0 Å². The number of hydrogen-bond acceptors (Lipinski definition) is 4. The molecule has 1 aliphatic heterocycles. The number of hydrogen-bond donors (Lipinski definition) is 2. The Bertz CT molecular complexity index is 426. The summed E-state index contributed by atoms with van der Waals surface area (Å²) in [7, 11) is 0. The highest BCUT2D eigenvalue weighted by atomic mass is 32.2. The molecular weight excluding hydrogens is 274 g/mol. The quantitative estimate of drug-likeness (QED) is 0.807. The minimum atomic E-state index is -2.38. The fraction of sp³-hybridized carbons (Fsp3) is 0.583. The van der Waals surface area contributed by atoms with E-state index < -0.39 is 5.76 Å². The highest BCUT2D eigenvalue weighted by molar-refractivity contribution is 7.98. The molecule has 2 rings (SSSR count). The maximum Gasteiger partial charge on any atom is 0.284 e. The second-order valence-electron chi connectivity index (χ2n) is 4.37. The molecule has 19 heavy (non-hydrogen) atoms. The van der Waals surface area contributed by atoms with E-state index in [0.717, 1.165) is 6.42 Å². The fourth-order valence-corrected chi connectivity index (χ4v) is 2.39. The van der Waals surface area contributed by atoms with Crippen LogP contribution in [0, 0.1) is 0 Å². The van der Waals surface area contributed by atoms with E-state index in [1.54, 1.807) is 12.1 Å². The number of amides is 1. The zero-order chi connectivity index (χ0) is 13.7. The van der Waals surface area contributed by atoms with Crippen molar-refractivity contribution in [1.82, 2.24) is 10.6 Å². The van der Waals surface area contributed by atoms with E-state index in [1.165, 1.54) is 0 Å². The molecule has 1 saturated heterocycles. The number of halogens is 2. The highest BCUT2D eigenvalue weighted by Crippen LogP contribution is 2.21. The largest absolute Gasteiger partial charge is 0.464 e. The molecule has 1 atom stereocenters. The van der Waals surface area contributed by atoms with Crippen molar-refractivity contribution in [3.05, 3.63) is 23.7 Å². The second kappa shape index (κ2) is 6.91. The van der Waals surface area contributed by atoms with Crippen LogP contribution in [0.25, 0.3) is 0 Å². The molecule has 1 aliphatic rings. The molecule has 7 heteroatoms. The van der Waals surface area contributed by atoms with Crippen molar-refractivity contribution in [1.29, 1.82) is 0 Å². The topological polar surface area (TPSA) is 54.3 Å². The second-order valence-corrected chi connectivity index (χ2v) is 5.35. The van der Waals surface area contributed by atoms with Crippen molar-refractivity contribution in [2.75, 3.05) is 6.54 Å². The monoisotopic (exact) mass is 290 g/mol. The number of furan rings is 1. The predicted molar refractivity (Wildman–Crippen MR) is 68.9 cm³/mol. The van der Waals surface area contributed by atoms with Crippen molar-refractivity contribution in [2.45, 2.75) is 36.9 Å². The van der Waals surface area contributed by atoms with E-state index in [0.29, 0.717) is 42.8 Å². The number of thioether (sulfide) groups is 1. The average Bonchev–Trinajstić information content (AvgIpc) is 2.96. The summed E-state index contributed by atoms with van der Waals surface area (Å²) in [5.74, 6) is -0.838. The third kappa shape index (κ3) is 4.83. The van der Waals surface area contributed by atoms with Gasteiger partial charge >= 0.3 is 0 Å². The summed E-state index contributed by atoms with van der Waals surface area (Å²) in [4.78, 5) is 11.0. The molecule has 0 bridgehead atoms. The molecule has 1 aromatic rings. The van der Waals surface area contributed by atoms with E-state index in [-0.39, 0.29) is 17.7 Å². The Hall–Kier alpha value is -1.08. The number of carbonyl (C=O) groups excluding carboxylic acids is 1. The number of rotatable bonds is 7. The fourth-order valence-electron chi connectivity index (χ4n) is 1.94. The summed E-state index contributed by atoms with van der Waals surface area (Å²) in [6, 6.07) is 3.67. The number of nitrogens with one attached hydrogen (secondary N) is 2. The lowest BCUT2D eigenvalue weighted by Gasteiger charge is -2.09. The lowest BCUT2D eigenvalue weighted by atomic mass is 10.2. The van der Waals surface area contributed by atoms with Crippen LogP contribution < -0.4 is 10.6 Å². The molecule has 4 nitrogen and oxygen atoms in total. The van der Waals surface area contributed by atoms with E-state index >= 15 is 0 Å². The third-order valence-corrected chi connectivity index (χ3v) is 3.55. The van der Waals surface area contributed by atoms with Crippen LogP contribution in [0.3, 0.4) is 0 Å². The lowest BCUT2D eigenvalue weighted by molar-refractivity contribution is -0.119. The van der Waals surface area contributed by atoms with Crippen molar-refractivity contribution in [2.24, 2.45) is 0 Å². The summed E-state index contributed by atoms with van der Waals surface area (Å²) >= 11 is 0.547. The Morgan fingerprint density at radius 1 is 1.47 bits per heavy atom. The van der Waals surface area contributed by atoms with Gasteiger partial charge in [-0.3, -0.25) is 4.79 Å². The van der Waals surface area contributed by atoms with Crippen molar-refractivity contribution >= 4 is 17.7 Å². The van der Waals surface area contributed by atoms with Crippen molar-refractivity contribution in [3.63, 3.8) is 0 Å². The zero-order valence-corrected chi connectivity index (χ0v) is 11.1. The molecule has 0 aromatic carbocycles. The average molecular weight is 290 g/mol. The Morgan fingerprint density at radius 2 is 2.26 bits per heavy atom. The standard InChI is InChI=1S/C12H16F2N2O2S/c13-12(14)19-7-10-3-2-9(18-10)6-15-5-8-1-4-11(17)16-8/h2-3,8,12,15H,1,4-7H2,(H,16,17). The Morgan fingerprint density at radius 3 is 2.95 bits per heavy atom. The normalized spacial score (nSPS) is 19.1. The lowest BCUT2D eigenvalue weighted by Crippen LogP contribution is -2.35. The van der Waals surface area contributed by atoms with Gasteiger partial charge in [0.05, 0.1) is 12.3 Å². The zero-order valence-electron chi connectivity index (χ0n) is 10.3. The Balaban J connectivity index is 1.67. The van der Waals surface area contributed by atoms with Gasteiger partial charge in [0.25, 0.3) is 5.76 Å². The Labute approximate surface area is 114 Å². The maximum absolute atomic E-state index is 12.0. The summed E-state index contributed by atoms with van der Waals surface area (Å²) in [6.45, 7) is 1.22. The van der Waals surface area contributed by atoms with Crippen LogP contribution >= 0.6 is 11.8 Å². The van der Waals surface area contributed by atoms with E-state index in [2.05, 4.69) is 10.6 Å². The highest BCUT2D eigenvalue weighted by Gasteiger charge is 2.19. The van der Waals surface area contributed by atoms with Gasteiger partial charge in [-0.2, -0.15) is 8.78 Å². The van der Waals surface area contributed by atoms with Gasteiger partial charge in [0.15, 0.2) is 0 Å². The predicted octanol–water partition coefficient (Wildman–Crippen LogP) is 2.10. The molecule has 0 radical (unpaired) electrons. The van der Waals surface area contributed by atoms with Gasteiger partial charge in [-0.15, -0.1) is 0 Å². The molecule has 0 spiro atoms. The minimum Gasteiger partial charge on any atom is -0.464 e. The third-order valence-electron chi connectivity index (χ3n) is 2.84. The van der Waals surface area contributed by atoms with E-state index in [4.69, 9.17) is 4.42 Å². The first kappa shape index (κ1) is 14.3. The van der Waals surface area contributed by atoms with Gasteiger partial charge in [-0.1, -0.05) is 11.8 Å². The van der Waals surface area contributed by atoms with Gasteiger partial charge < -0.3 is 15.1 Å². The maximum atomic E-state index is 12.0. The molecule has 1 aromatic heterocycles. The molecule has 1 unspecified atom stereocenters. The molecule has 2 N–H and O–H groups in total.